The number of hydrogen-bond acceptors (Lipinski definition) is 4. The molecule has 63 heavy (non-hydrogen) atoms. The predicted octanol–water partition coefficient (Wildman–Crippen LogP) is 14.6. The van der Waals surface area contributed by atoms with Crippen LogP contribution in [0.2, 0.25) is 0 Å². The van der Waals surface area contributed by atoms with Gasteiger partial charge in [0.15, 0.2) is 11.6 Å². The molecule has 13 aromatic rings. The molecule has 0 aliphatic rings. The summed E-state index contributed by atoms with van der Waals surface area (Å²) in [5.74, 6) is 0.309. The van der Waals surface area contributed by atoms with Crippen LogP contribution in [0.5, 0.6) is 0 Å². The topological polar surface area (TPSA) is 61.7 Å². The van der Waals surface area contributed by atoms with Crippen LogP contribution in [0, 0.1) is 0 Å². The lowest BCUT2D eigenvalue weighted by Gasteiger charge is -2.13. The highest BCUT2D eigenvalue weighted by molar-refractivity contribution is 6.17. The number of fused-ring (bicyclic) bond motifs is 9. The highest BCUT2D eigenvalue weighted by Crippen LogP contribution is 2.44. The van der Waals surface area contributed by atoms with Gasteiger partial charge in [-0.1, -0.05) is 176 Å². The van der Waals surface area contributed by atoms with Crippen molar-refractivity contribution in [1.82, 2.24) is 24.1 Å². The standard InChI is InChI=1S/C57H35N5O/c1-4-18-36(19-5-1)40-27-17-33-51-52(40)45-26-12-15-32-50(45)62(51)57-59-55(38-22-8-3-9-23-38)58-56(60-57)47-35-39(61-48-30-13-10-24-42(48)43-25-11-14-31-49(43)61)34-46-44-29-16-28-41(53(44)63-54(46)47)37-20-6-2-7-21-37/h1-35H/i3D,8D,9D,22D,23D. The lowest BCUT2D eigenvalue weighted by molar-refractivity contribution is 0.670. The minimum absolute atomic E-state index is 0.0800. The first kappa shape index (κ1) is 30.4. The zero-order chi connectivity index (χ0) is 45.8. The van der Waals surface area contributed by atoms with Gasteiger partial charge < -0.3 is 8.98 Å². The van der Waals surface area contributed by atoms with Gasteiger partial charge in [0.25, 0.3) is 0 Å². The molecule has 0 atom stereocenters. The SMILES string of the molecule is [2H]c1c([2H])c([2H])c(-c2nc(-c3cc(-n4c5ccccc5c5ccccc54)cc4c3oc3c(-c5ccccc5)cccc34)nc(-n3c4ccccc4c4c(-c5ccccc5)cccc43)n2)c([2H])c1[2H]. The van der Waals surface area contributed by atoms with Crippen LogP contribution in [0.4, 0.5) is 0 Å². The predicted molar refractivity (Wildman–Crippen MR) is 258 cm³/mol. The molecule has 0 aliphatic carbocycles. The maximum atomic E-state index is 9.17. The van der Waals surface area contributed by atoms with Crippen LogP contribution in [0.3, 0.4) is 0 Å². The molecule has 0 fully saturated rings. The average molecular weight is 811 g/mol. The van der Waals surface area contributed by atoms with Crippen molar-refractivity contribution in [3.63, 3.8) is 0 Å². The third kappa shape index (κ3) is 5.48. The van der Waals surface area contributed by atoms with E-state index < -0.39 is 30.2 Å². The van der Waals surface area contributed by atoms with E-state index in [-0.39, 0.29) is 23.2 Å². The second kappa shape index (κ2) is 14.0. The van der Waals surface area contributed by atoms with Gasteiger partial charge in [0, 0.05) is 49.1 Å². The Morgan fingerprint density at radius 2 is 0.921 bits per heavy atom. The van der Waals surface area contributed by atoms with Gasteiger partial charge in [0.1, 0.15) is 11.2 Å². The number of aromatic nitrogens is 5. The smallest absolute Gasteiger partial charge is 0.238 e. The summed E-state index contributed by atoms with van der Waals surface area (Å²) in [5.41, 5.74) is 10.0. The van der Waals surface area contributed by atoms with E-state index in [0.717, 1.165) is 82.3 Å². The molecule has 0 saturated carbocycles. The van der Waals surface area contributed by atoms with E-state index in [9.17, 15) is 0 Å². The molecule has 294 valence electrons. The molecule has 6 nitrogen and oxygen atoms in total. The largest absolute Gasteiger partial charge is 0.455 e. The highest BCUT2D eigenvalue weighted by Gasteiger charge is 2.24. The van der Waals surface area contributed by atoms with Gasteiger partial charge in [-0.2, -0.15) is 9.97 Å². The number of nitrogens with zero attached hydrogens (tertiary/aromatic N) is 5. The quantitative estimate of drug-likeness (QED) is 0.168. The lowest BCUT2D eigenvalue weighted by atomic mass is 9.99. The maximum absolute atomic E-state index is 9.17. The van der Waals surface area contributed by atoms with Crippen LogP contribution in [-0.2, 0) is 0 Å². The molecule has 0 saturated heterocycles. The first-order valence-corrected chi connectivity index (χ1v) is 20.8. The highest BCUT2D eigenvalue weighted by atomic mass is 16.3. The number of rotatable bonds is 6. The summed E-state index contributed by atoms with van der Waals surface area (Å²) in [7, 11) is 0. The van der Waals surface area contributed by atoms with Gasteiger partial charge in [0.2, 0.25) is 5.95 Å². The first-order chi connectivity index (χ1) is 33.3. The van der Waals surface area contributed by atoms with E-state index in [4.69, 9.17) is 26.2 Å². The molecule has 0 bridgehead atoms. The molecular formula is C57H35N5O. The number of benzene rings is 9. The summed E-state index contributed by atoms with van der Waals surface area (Å²) in [5, 5.41) is 5.86. The molecule has 4 aromatic heterocycles. The van der Waals surface area contributed by atoms with Crippen molar-refractivity contribution in [3.05, 3.63) is 212 Å². The van der Waals surface area contributed by atoms with Crippen LogP contribution >= 0.6 is 0 Å². The monoisotopic (exact) mass is 810 g/mol. The van der Waals surface area contributed by atoms with E-state index in [2.05, 4.69) is 83.4 Å². The van der Waals surface area contributed by atoms with Crippen molar-refractivity contribution >= 4 is 65.6 Å². The molecule has 0 spiro atoms. The molecule has 13 rings (SSSR count). The summed E-state index contributed by atoms with van der Waals surface area (Å²) in [6.07, 6.45) is 0. The van der Waals surface area contributed by atoms with Crippen LogP contribution in [-0.4, -0.2) is 24.1 Å². The molecule has 6 heteroatoms. The van der Waals surface area contributed by atoms with Crippen molar-refractivity contribution < 1.29 is 11.3 Å². The van der Waals surface area contributed by atoms with Gasteiger partial charge >= 0.3 is 0 Å². The Balaban J connectivity index is 1.18. The normalized spacial score (nSPS) is 12.9. The Bertz CT molecular complexity index is 4140. The summed E-state index contributed by atoms with van der Waals surface area (Å²) < 4.78 is 55.5. The third-order valence-corrected chi connectivity index (χ3v) is 12.1. The number of furan rings is 1. The fraction of sp³-hybridized carbons (Fsp3) is 0. The van der Waals surface area contributed by atoms with Crippen molar-refractivity contribution in [2.45, 2.75) is 0 Å². The fourth-order valence-corrected chi connectivity index (χ4v) is 9.38. The van der Waals surface area contributed by atoms with Gasteiger partial charge in [0.05, 0.1) is 34.5 Å². The molecular weight excluding hydrogens is 771 g/mol. The Hall–Kier alpha value is -8.61. The van der Waals surface area contributed by atoms with Gasteiger partial charge in [-0.25, -0.2) is 4.98 Å². The van der Waals surface area contributed by atoms with E-state index in [1.54, 1.807) is 0 Å². The molecule has 0 amide bonds. The Morgan fingerprint density at radius 1 is 0.381 bits per heavy atom. The third-order valence-electron chi connectivity index (χ3n) is 12.1. The van der Waals surface area contributed by atoms with E-state index in [0.29, 0.717) is 16.7 Å². The first-order valence-electron chi connectivity index (χ1n) is 23.3. The Labute approximate surface area is 368 Å². The van der Waals surface area contributed by atoms with Crippen LogP contribution in [0.15, 0.2) is 217 Å². The summed E-state index contributed by atoms with van der Waals surface area (Å²) in [6.45, 7) is 0. The molecule has 0 radical (unpaired) electrons. The average Bonchev–Trinajstić information content (AvgIpc) is 4.06. The summed E-state index contributed by atoms with van der Waals surface area (Å²) >= 11 is 0. The summed E-state index contributed by atoms with van der Waals surface area (Å²) in [6, 6.07) is 59.2. The van der Waals surface area contributed by atoms with E-state index >= 15 is 0 Å². The van der Waals surface area contributed by atoms with Crippen molar-refractivity contribution in [2.24, 2.45) is 0 Å². The van der Waals surface area contributed by atoms with E-state index in [1.807, 2.05) is 108 Å². The molecule has 9 aromatic carbocycles. The molecule has 0 unspecified atom stereocenters. The van der Waals surface area contributed by atoms with Crippen molar-refractivity contribution in [2.75, 3.05) is 0 Å². The zero-order valence-corrected chi connectivity index (χ0v) is 33.5. The minimum atomic E-state index is -0.508. The zero-order valence-electron chi connectivity index (χ0n) is 38.5. The fourth-order valence-electron chi connectivity index (χ4n) is 9.38. The van der Waals surface area contributed by atoms with Gasteiger partial charge in [-0.15, -0.1) is 0 Å². The number of para-hydroxylation sites is 4. The maximum Gasteiger partial charge on any atom is 0.238 e. The minimum Gasteiger partial charge on any atom is -0.455 e. The van der Waals surface area contributed by atoms with Crippen molar-refractivity contribution in [3.8, 4) is 56.7 Å². The lowest BCUT2D eigenvalue weighted by Crippen LogP contribution is -2.07. The van der Waals surface area contributed by atoms with Crippen LogP contribution < -0.4 is 0 Å². The Morgan fingerprint density at radius 3 is 1.63 bits per heavy atom. The molecule has 0 N–H and O–H groups in total. The molecule has 4 heterocycles. The van der Waals surface area contributed by atoms with Crippen LogP contribution in [0.1, 0.15) is 6.85 Å². The van der Waals surface area contributed by atoms with Gasteiger partial charge in [-0.05, 0) is 53.1 Å². The second-order valence-electron chi connectivity index (χ2n) is 15.6. The van der Waals surface area contributed by atoms with Crippen LogP contribution in [0.25, 0.3) is 122 Å². The Kier molecular flexibility index (Phi) is 6.75. The molecule has 0 aliphatic heterocycles. The van der Waals surface area contributed by atoms with E-state index in [1.165, 1.54) is 0 Å². The summed E-state index contributed by atoms with van der Waals surface area (Å²) in [4.78, 5) is 15.6. The second-order valence-corrected chi connectivity index (χ2v) is 15.6. The number of hydrogen-bond donors (Lipinski definition) is 0. The van der Waals surface area contributed by atoms with Crippen molar-refractivity contribution in [1.29, 1.82) is 0 Å². The van der Waals surface area contributed by atoms with Gasteiger partial charge in [-0.3, -0.25) is 4.57 Å².